The second-order valence-electron chi connectivity index (χ2n) is 7.08. The maximum atomic E-state index is 12.7. The Labute approximate surface area is 158 Å². The van der Waals surface area contributed by atoms with Crippen LogP contribution in [0.2, 0.25) is 0 Å². The monoisotopic (exact) mass is 378 g/mol. The van der Waals surface area contributed by atoms with Gasteiger partial charge < -0.3 is 19.4 Å². The van der Waals surface area contributed by atoms with Gasteiger partial charge in [-0.2, -0.15) is 0 Å². The molecule has 0 spiro atoms. The molecule has 2 saturated heterocycles. The number of carbonyl (C=O) groups excluding carboxylic acids is 2. The maximum absolute atomic E-state index is 12.7. The lowest BCUT2D eigenvalue weighted by Crippen LogP contribution is -2.56. The highest BCUT2D eigenvalue weighted by molar-refractivity contribution is 7.10. The number of hydrogen-bond acceptors (Lipinski definition) is 5. The van der Waals surface area contributed by atoms with Crippen LogP contribution in [-0.2, 0) is 22.5 Å². The van der Waals surface area contributed by atoms with Gasteiger partial charge in [-0.15, -0.1) is 11.3 Å². The van der Waals surface area contributed by atoms with Gasteiger partial charge in [0.2, 0.25) is 5.91 Å². The van der Waals surface area contributed by atoms with Crippen molar-refractivity contribution in [2.45, 2.75) is 13.0 Å². The first-order valence-electron chi connectivity index (χ1n) is 9.37. The van der Waals surface area contributed by atoms with E-state index in [1.165, 1.54) is 10.4 Å². The molecule has 0 N–H and O–H groups in total. The number of morpholine rings is 1. The zero-order chi connectivity index (χ0) is 17.9. The van der Waals surface area contributed by atoms with E-state index in [0.29, 0.717) is 59.0 Å². The average molecular weight is 378 g/mol. The highest BCUT2D eigenvalue weighted by Crippen LogP contribution is 2.23. The molecule has 0 atom stereocenters. The molecule has 2 fully saturated rings. The van der Waals surface area contributed by atoms with Crippen molar-refractivity contribution in [3.05, 3.63) is 21.9 Å². The van der Waals surface area contributed by atoms with Crippen molar-refractivity contribution in [2.24, 2.45) is 0 Å². The third-order valence-electron chi connectivity index (χ3n) is 5.43. The molecule has 1 aromatic heterocycles. The van der Waals surface area contributed by atoms with Crippen LogP contribution in [0.5, 0.6) is 0 Å². The fourth-order valence-electron chi connectivity index (χ4n) is 3.83. The molecule has 3 aliphatic rings. The fraction of sp³-hybridized carbons (Fsp3) is 0.667. The van der Waals surface area contributed by atoms with Crippen LogP contribution in [0.15, 0.2) is 11.4 Å². The quantitative estimate of drug-likeness (QED) is 0.760. The first kappa shape index (κ1) is 17.8. The van der Waals surface area contributed by atoms with E-state index in [1.54, 1.807) is 0 Å². The third kappa shape index (κ3) is 3.87. The predicted molar refractivity (Wildman–Crippen MR) is 99.2 cm³/mol. The van der Waals surface area contributed by atoms with Crippen molar-refractivity contribution in [3.8, 4) is 0 Å². The van der Waals surface area contributed by atoms with E-state index in [9.17, 15) is 9.59 Å². The molecular weight excluding hydrogens is 352 g/mol. The summed E-state index contributed by atoms with van der Waals surface area (Å²) in [5.74, 6) is 0.183. The number of rotatable bonds is 2. The summed E-state index contributed by atoms with van der Waals surface area (Å²) in [6.45, 7) is 7.38. The second kappa shape index (κ2) is 7.94. The number of amides is 3. The molecule has 142 valence electrons. The Kier molecular flexibility index (Phi) is 5.42. The Balaban J connectivity index is 1.24. The molecule has 0 aliphatic carbocycles. The Morgan fingerprint density at radius 1 is 0.962 bits per heavy atom. The summed E-state index contributed by atoms with van der Waals surface area (Å²) in [5, 5.41) is 2.14. The summed E-state index contributed by atoms with van der Waals surface area (Å²) in [7, 11) is 0. The Hall–Kier alpha value is -1.64. The highest BCUT2D eigenvalue weighted by Gasteiger charge is 2.29. The van der Waals surface area contributed by atoms with Crippen molar-refractivity contribution in [1.82, 2.24) is 19.6 Å². The number of urea groups is 1. The van der Waals surface area contributed by atoms with Crippen molar-refractivity contribution < 1.29 is 14.3 Å². The minimum absolute atomic E-state index is 0.0846. The number of hydrogen-bond donors (Lipinski definition) is 0. The lowest BCUT2D eigenvalue weighted by molar-refractivity contribution is -0.134. The topological polar surface area (TPSA) is 56.3 Å². The highest BCUT2D eigenvalue weighted by atomic mass is 32.1. The molecule has 0 bridgehead atoms. The molecule has 26 heavy (non-hydrogen) atoms. The summed E-state index contributed by atoms with van der Waals surface area (Å²) in [4.78, 5) is 34.5. The van der Waals surface area contributed by atoms with E-state index >= 15 is 0 Å². The normalized spacial score (nSPS) is 21.6. The van der Waals surface area contributed by atoms with Crippen LogP contribution in [0.25, 0.3) is 0 Å². The lowest BCUT2D eigenvalue weighted by Gasteiger charge is -2.39. The number of ether oxygens (including phenoxy) is 1. The van der Waals surface area contributed by atoms with E-state index in [-0.39, 0.29) is 11.9 Å². The van der Waals surface area contributed by atoms with Gasteiger partial charge in [-0.1, -0.05) is 0 Å². The van der Waals surface area contributed by atoms with Gasteiger partial charge in [-0.3, -0.25) is 9.69 Å². The van der Waals surface area contributed by atoms with Gasteiger partial charge in [0.1, 0.15) is 0 Å². The summed E-state index contributed by atoms with van der Waals surface area (Å²) < 4.78 is 5.31. The van der Waals surface area contributed by atoms with Crippen molar-refractivity contribution in [1.29, 1.82) is 0 Å². The minimum atomic E-state index is 0.0846. The minimum Gasteiger partial charge on any atom is -0.378 e. The molecule has 1 aromatic rings. The molecule has 8 heteroatoms. The largest absolute Gasteiger partial charge is 0.378 e. The molecule has 0 saturated carbocycles. The molecule has 3 aliphatic heterocycles. The van der Waals surface area contributed by atoms with Gasteiger partial charge in [-0.25, -0.2) is 4.79 Å². The summed E-state index contributed by atoms with van der Waals surface area (Å²) in [6, 6.07) is 2.26. The zero-order valence-corrected chi connectivity index (χ0v) is 15.9. The van der Waals surface area contributed by atoms with Crippen LogP contribution in [-0.4, -0.2) is 97.1 Å². The van der Waals surface area contributed by atoms with Crippen LogP contribution in [0.1, 0.15) is 10.4 Å². The summed E-state index contributed by atoms with van der Waals surface area (Å²) >= 11 is 1.82. The predicted octanol–water partition coefficient (Wildman–Crippen LogP) is 0.703. The molecule has 4 rings (SSSR count). The molecule has 0 unspecified atom stereocenters. The van der Waals surface area contributed by atoms with Crippen LogP contribution < -0.4 is 0 Å². The maximum Gasteiger partial charge on any atom is 0.320 e. The van der Waals surface area contributed by atoms with Crippen LogP contribution in [0.4, 0.5) is 4.79 Å². The number of piperazine rings is 1. The number of fused-ring (bicyclic) bond motifs is 1. The van der Waals surface area contributed by atoms with E-state index in [2.05, 4.69) is 16.3 Å². The van der Waals surface area contributed by atoms with Crippen LogP contribution in [0.3, 0.4) is 0 Å². The van der Waals surface area contributed by atoms with Gasteiger partial charge >= 0.3 is 6.03 Å². The van der Waals surface area contributed by atoms with Gasteiger partial charge in [0, 0.05) is 57.2 Å². The van der Waals surface area contributed by atoms with E-state index in [0.717, 1.165) is 19.5 Å². The van der Waals surface area contributed by atoms with Crippen molar-refractivity contribution in [2.75, 3.05) is 65.6 Å². The van der Waals surface area contributed by atoms with Crippen LogP contribution >= 0.6 is 11.3 Å². The average Bonchev–Trinajstić information content (AvgIpc) is 3.16. The number of carbonyl (C=O) groups is 2. The molecule has 0 aromatic carbocycles. The molecule has 0 radical (unpaired) electrons. The van der Waals surface area contributed by atoms with Crippen molar-refractivity contribution in [3.63, 3.8) is 0 Å². The van der Waals surface area contributed by atoms with E-state index in [1.807, 2.05) is 26.0 Å². The number of thiophene rings is 1. The Bertz CT molecular complexity index is 651. The first-order chi connectivity index (χ1) is 12.7. The molecule has 4 heterocycles. The molecule has 7 nitrogen and oxygen atoms in total. The zero-order valence-electron chi connectivity index (χ0n) is 15.1. The summed E-state index contributed by atoms with van der Waals surface area (Å²) in [5.41, 5.74) is 1.37. The molecule has 3 amide bonds. The van der Waals surface area contributed by atoms with Gasteiger partial charge in [0.15, 0.2) is 0 Å². The lowest BCUT2D eigenvalue weighted by atomic mass is 10.1. The second-order valence-corrected chi connectivity index (χ2v) is 8.08. The SMILES string of the molecule is O=C(CN1CCc2sccc2C1)N1CCN(C(=O)N2CCOCC2)CC1. The van der Waals surface area contributed by atoms with E-state index < -0.39 is 0 Å². The first-order valence-corrected chi connectivity index (χ1v) is 10.3. The van der Waals surface area contributed by atoms with Gasteiger partial charge in [0.25, 0.3) is 0 Å². The third-order valence-corrected chi connectivity index (χ3v) is 6.45. The smallest absolute Gasteiger partial charge is 0.320 e. The van der Waals surface area contributed by atoms with E-state index in [4.69, 9.17) is 4.74 Å². The van der Waals surface area contributed by atoms with Crippen molar-refractivity contribution >= 4 is 23.3 Å². The van der Waals surface area contributed by atoms with Crippen LogP contribution in [0, 0.1) is 0 Å². The Morgan fingerprint density at radius 3 is 2.42 bits per heavy atom. The summed E-state index contributed by atoms with van der Waals surface area (Å²) in [6.07, 6.45) is 1.04. The molecular formula is C18H26N4O3S. The fourth-order valence-corrected chi connectivity index (χ4v) is 4.72. The number of nitrogens with zero attached hydrogens (tertiary/aromatic N) is 4. The standard InChI is InChI=1S/C18H26N4O3S/c23-17(14-19-3-1-16-15(13-19)2-12-26-16)20-4-6-21(7-5-20)18(24)22-8-10-25-11-9-22/h2,12H,1,3-11,13-14H2. The van der Waals surface area contributed by atoms with Gasteiger partial charge in [0.05, 0.1) is 19.8 Å². The van der Waals surface area contributed by atoms with Gasteiger partial charge in [-0.05, 0) is 23.4 Å². The Morgan fingerprint density at radius 2 is 1.65 bits per heavy atom.